The zero-order valence-corrected chi connectivity index (χ0v) is 8.23. The number of hydrogen-bond acceptors (Lipinski definition) is 1. The molecular weight excluding hydrogens is 164 g/mol. The molecule has 0 atom stereocenters. The minimum absolute atomic E-state index is 1.14. The molecule has 0 fully saturated rings. The first-order chi connectivity index (χ1) is 5.79. The molecule has 0 bridgehead atoms. The largest absolute Gasteiger partial charge is 0.131 e. The van der Waals surface area contributed by atoms with Crippen molar-refractivity contribution in [2.75, 3.05) is 5.75 Å². The van der Waals surface area contributed by atoms with E-state index in [0.717, 1.165) is 12.2 Å². The summed E-state index contributed by atoms with van der Waals surface area (Å²) in [5.74, 6) is 1.14. The predicted molar refractivity (Wildman–Crippen MR) is 57.4 cm³/mol. The van der Waals surface area contributed by atoms with Crippen molar-refractivity contribution in [1.82, 2.24) is 0 Å². The number of thioether (sulfide) groups is 1. The fourth-order valence-corrected chi connectivity index (χ4v) is 1.67. The second kappa shape index (κ2) is 5.04. The van der Waals surface area contributed by atoms with E-state index in [1.807, 2.05) is 11.8 Å². The van der Waals surface area contributed by atoms with E-state index < -0.39 is 0 Å². The average molecular weight is 178 g/mol. The third-order valence-corrected chi connectivity index (χ3v) is 2.48. The van der Waals surface area contributed by atoms with Crippen LogP contribution in [0.2, 0.25) is 0 Å². The lowest BCUT2D eigenvalue weighted by Crippen LogP contribution is -1.86. The molecule has 64 valence electrons. The van der Waals surface area contributed by atoms with Gasteiger partial charge in [0.25, 0.3) is 0 Å². The van der Waals surface area contributed by atoms with Crippen LogP contribution in [0.25, 0.3) is 0 Å². The SMILES string of the molecule is C=C(C)SCCc1ccccc1. The Morgan fingerprint density at radius 3 is 2.58 bits per heavy atom. The quantitative estimate of drug-likeness (QED) is 0.680. The van der Waals surface area contributed by atoms with Crippen LogP contribution in [0, 0.1) is 0 Å². The van der Waals surface area contributed by atoms with E-state index in [2.05, 4.69) is 43.8 Å². The van der Waals surface area contributed by atoms with E-state index in [-0.39, 0.29) is 0 Å². The maximum atomic E-state index is 3.85. The van der Waals surface area contributed by atoms with Gasteiger partial charge >= 0.3 is 0 Å². The second-order valence-corrected chi connectivity index (χ2v) is 4.18. The van der Waals surface area contributed by atoms with Gasteiger partial charge in [0.2, 0.25) is 0 Å². The third-order valence-electron chi connectivity index (χ3n) is 1.58. The summed E-state index contributed by atoms with van der Waals surface area (Å²) in [7, 11) is 0. The van der Waals surface area contributed by atoms with Gasteiger partial charge in [-0.3, -0.25) is 0 Å². The highest BCUT2D eigenvalue weighted by molar-refractivity contribution is 8.03. The lowest BCUT2D eigenvalue weighted by Gasteiger charge is -1.99. The van der Waals surface area contributed by atoms with Crippen molar-refractivity contribution < 1.29 is 0 Å². The van der Waals surface area contributed by atoms with E-state index in [9.17, 15) is 0 Å². The molecule has 0 N–H and O–H groups in total. The molecule has 0 heterocycles. The van der Waals surface area contributed by atoms with Gasteiger partial charge < -0.3 is 0 Å². The molecule has 1 heteroatoms. The first-order valence-electron chi connectivity index (χ1n) is 4.11. The highest BCUT2D eigenvalue weighted by Crippen LogP contribution is 2.13. The van der Waals surface area contributed by atoms with Gasteiger partial charge in [-0.1, -0.05) is 36.9 Å². The van der Waals surface area contributed by atoms with Crippen LogP contribution in [-0.2, 0) is 6.42 Å². The molecule has 0 radical (unpaired) electrons. The van der Waals surface area contributed by atoms with E-state index in [1.165, 1.54) is 10.5 Å². The lowest BCUT2D eigenvalue weighted by molar-refractivity contribution is 1.16. The van der Waals surface area contributed by atoms with Crippen molar-refractivity contribution >= 4 is 11.8 Å². The third kappa shape index (κ3) is 3.63. The van der Waals surface area contributed by atoms with Gasteiger partial charge in [-0.15, -0.1) is 11.8 Å². The highest BCUT2D eigenvalue weighted by Gasteiger charge is 1.91. The highest BCUT2D eigenvalue weighted by atomic mass is 32.2. The first kappa shape index (κ1) is 9.40. The van der Waals surface area contributed by atoms with Crippen molar-refractivity contribution in [1.29, 1.82) is 0 Å². The molecule has 0 nitrogen and oxygen atoms in total. The zero-order chi connectivity index (χ0) is 8.81. The Kier molecular flexibility index (Phi) is 3.95. The predicted octanol–water partition coefficient (Wildman–Crippen LogP) is 3.50. The van der Waals surface area contributed by atoms with Gasteiger partial charge in [-0.25, -0.2) is 0 Å². The van der Waals surface area contributed by atoms with Gasteiger partial charge in [0.15, 0.2) is 0 Å². The van der Waals surface area contributed by atoms with Gasteiger partial charge in [-0.2, -0.15) is 0 Å². The van der Waals surface area contributed by atoms with Crippen LogP contribution >= 0.6 is 11.8 Å². The van der Waals surface area contributed by atoms with Crippen molar-refractivity contribution in [2.45, 2.75) is 13.3 Å². The normalized spacial score (nSPS) is 9.75. The fourth-order valence-electron chi connectivity index (χ4n) is 0.988. The summed E-state index contributed by atoms with van der Waals surface area (Å²) in [6.45, 7) is 5.90. The monoisotopic (exact) mass is 178 g/mol. The maximum absolute atomic E-state index is 3.85. The van der Waals surface area contributed by atoms with Crippen LogP contribution in [0.1, 0.15) is 12.5 Å². The smallest absolute Gasteiger partial charge is 0.00170 e. The summed E-state index contributed by atoms with van der Waals surface area (Å²) in [6, 6.07) is 10.6. The molecule has 0 spiro atoms. The summed E-state index contributed by atoms with van der Waals surface area (Å²) in [5, 5.41) is 0. The molecule has 0 aliphatic heterocycles. The van der Waals surface area contributed by atoms with Gasteiger partial charge in [0, 0.05) is 5.75 Å². The first-order valence-corrected chi connectivity index (χ1v) is 5.10. The molecule has 1 rings (SSSR count). The van der Waals surface area contributed by atoms with Crippen LogP contribution in [0.4, 0.5) is 0 Å². The van der Waals surface area contributed by atoms with Crippen LogP contribution in [-0.4, -0.2) is 5.75 Å². The minimum atomic E-state index is 1.14. The molecule has 0 aromatic heterocycles. The standard InChI is InChI=1S/C11H14S/c1-10(2)12-9-8-11-6-4-3-5-7-11/h3-7H,1,8-9H2,2H3. The molecule has 0 aliphatic rings. The minimum Gasteiger partial charge on any atom is -0.131 e. The molecule has 12 heavy (non-hydrogen) atoms. The Balaban J connectivity index is 2.29. The number of rotatable bonds is 4. The molecule has 1 aromatic carbocycles. The summed E-state index contributed by atoms with van der Waals surface area (Å²) >= 11 is 1.83. The molecule has 0 saturated heterocycles. The molecule has 0 aliphatic carbocycles. The van der Waals surface area contributed by atoms with E-state index in [4.69, 9.17) is 0 Å². The summed E-state index contributed by atoms with van der Waals surface area (Å²) in [6.07, 6.45) is 1.14. The molecule has 0 amide bonds. The van der Waals surface area contributed by atoms with Gasteiger partial charge in [0.05, 0.1) is 0 Å². The fraction of sp³-hybridized carbons (Fsp3) is 0.273. The summed E-state index contributed by atoms with van der Waals surface area (Å²) < 4.78 is 0. The number of hydrogen-bond donors (Lipinski definition) is 0. The van der Waals surface area contributed by atoms with Crippen LogP contribution in [0.15, 0.2) is 41.8 Å². The maximum Gasteiger partial charge on any atom is 0.00170 e. The van der Waals surface area contributed by atoms with Crippen LogP contribution in [0.3, 0.4) is 0 Å². The van der Waals surface area contributed by atoms with E-state index in [1.54, 1.807) is 0 Å². The Morgan fingerprint density at radius 2 is 2.00 bits per heavy atom. The average Bonchev–Trinajstić information content (AvgIpc) is 2.05. The van der Waals surface area contributed by atoms with Crippen molar-refractivity contribution in [2.24, 2.45) is 0 Å². The molecular formula is C11H14S. The second-order valence-electron chi connectivity index (χ2n) is 2.79. The topological polar surface area (TPSA) is 0 Å². The Morgan fingerprint density at radius 1 is 1.33 bits per heavy atom. The summed E-state index contributed by atoms with van der Waals surface area (Å²) in [5.41, 5.74) is 1.41. The van der Waals surface area contributed by atoms with Crippen molar-refractivity contribution in [3.8, 4) is 0 Å². The summed E-state index contributed by atoms with van der Waals surface area (Å²) in [4.78, 5) is 1.20. The Bertz CT molecular complexity index is 238. The number of aryl methyl sites for hydroxylation is 1. The number of allylic oxidation sites excluding steroid dienone is 1. The molecule has 1 aromatic rings. The van der Waals surface area contributed by atoms with Gasteiger partial charge in [0.1, 0.15) is 0 Å². The van der Waals surface area contributed by atoms with Crippen molar-refractivity contribution in [3.05, 3.63) is 47.4 Å². The molecule has 0 unspecified atom stereocenters. The van der Waals surface area contributed by atoms with E-state index >= 15 is 0 Å². The Labute approximate surface area is 78.7 Å². The van der Waals surface area contributed by atoms with Crippen LogP contribution < -0.4 is 0 Å². The van der Waals surface area contributed by atoms with Crippen molar-refractivity contribution in [3.63, 3.8) is 0 Å². The molecule has 0 saturated carbocycles. The van der Waals surface area contributed by atoms with E-state index in [0.29, 0.717) is 0 Å². The van der Waals surface area contributed by atoms with Crippen LogP contribution in [0.5, 0.6) is 0 Å². The van der Waals surface area contributed by atoms with Gasteiger partial charge in [-0.05, 0) is 23.8 Å². The Hall–Kier alpha value is -0.690. The zero-order valence-electron chi connectivity index (χ0n) is 7.42. The lowest BCUT2D eigenvalue weighted by atomic mass is 10.2. The number of benzene rings is 1.